The summed E-state index contributed by atoms with van der Waals surface area (Å²) in [7, 11) is -4.42. The Morgan fingerprint density at radius 3 is 2.00 bits per heavy atom. The molecule has 4 nitrogen and oxygen atoms in total. The number of rotatable bonds is 7. The lowest BCUT2D eigenvalue weighted by atomic mass is 10.5. The average Bonchev–Trinajstić information content (AvgIpc) is 2.00. The summed E-state index contributed by atoms with van der Waals surface area (Å²) in [5.41, 5.74) is 0. The molecule has 0 aromatic heterocycles. The van der Waals surface area contributed by atoms with Gasteiger partial charge in [0.25, 0.3) is 0 Å². The van der Waals surface area contributed by atoms with Crippen molar-refractivity contribution in [2.45, 2.75) is 26.6 Å². The Balaban J connectivity index is 3.81. The average molecular weight is 214 g/mol. The van der Waals surface area contributed by atoms with E-state index in [0.29, 0.717) is 13.2 Å². The van der Waals surface area contributed by atoms with Gasteiger partial charge < -0.3 is 9.47 Å². The zero-order valence-corrected chi connectivity index (χ0v) is 8.64. The highest BCUT2D eigenvalue weighted by Crippen LogP contribution is 2.04. The van der Waals surface area contributed by atoms with E-state index in [-0.39, 0.29) is 6.42 Å². The highest BCUT2D eigenvalue weighted by Gasteiger charge is 2.14. The molecule has 80 valence electrons. The topological polar surface area (TPSA) is 52.6 Å². The molecule has 0 aromatic carbocycles. The van der Waals surface area contributed by atoms with Crippen molar-refractivity contribution >= 4 is 10.2 Å². The van der Waals surface area contributed by atoms with Crippen LogP contribution in [0.5, 0.6) is 0 Å². The number of hydrogen-bond donors (Lipinski definition) is 0. The van der Waals surface area contributed by atoms with E-state index in [1.54, 1.807) is 13.8 Å². The Hall–Kier alpha value is -0.200. The van der Waals surface area contributed by atoms with Crippen molar-refractivity contribution in [3.05, 3.63) is 0 Å². The molecule has 0 atom stereocenters. The second-order valence-electron chi connectivity index (χ2n) is 2.37. The first-order valence-electron chi connectivity index (χ1n) is 4.15. The standard InChI is InChI=1S/C7H15FO4S/c1-3-11-7(12-4-2)5-6-13(8,9)10/h7H,3-6H2,1-2H3. The molecule has 6 heteroatoms. The molecule has 0 heterocycles. The summed E-state index contributed by atoms with van der Waals surface area (Å²) < 4.78 is 42.5. The minimum Gasteiger partial charge on any atom is -0.353 e. The fourth-order valence-electron chi connectivity index (χ4n) is 0.824. The van der Waals surface area contributed by atoms with Crippen LogP contribution >= 0.6 is 0 Å². The van der Waals surface area contributed by atoms with E-state index in [1.165, 1.54) is 0 Å². The van der Waals surface area contributed by atoms with Crippen LogP contribution in [0.2, 0.25) is 0 Å². The van der Waals surface area contributed by atoms with Crippen LogP contribution in [0.4, 0.5) is 3.89 Å². The van der Waals surface area contributed by atoms with Gasteiger partial charge in [-0.05, 0) is 13.8 Å². The quantitative estimate of drug-likeness (QED) is 0.470. The molecule has 0 bridgehead atoms. The van der Waals surface area contributed by atoms with Gasteiger partial charge in [0.1, 0.15) is 0 Å². The van der Waals surface area contributed by atoms with Crippen LogP contribution in [0, 0.1) is 0 Å². The lowest BCUT2D eigenvalue weighted by Crippen LogP contribution is -2.20. The Kier molecular flexibility index (Phi) is 6.19. The largest absolute Gasteiger partial charge is 0.353 e. The van der Waals surface area contributed by atoms with E-state index < -0.39 is 22.3 Å². The molecule has 0 fully saturated rings. The van der Waals surface area contributed by atoms with Crippen molar-refractivity contribution in [1.29, 1.82) is 0 Å². The minimum absolute atomic E-state index is 0.0283. The minimum atomic E-state index is -4.42. The number of ether oxygens (including phenoxy) is 2. The van der Waals surface area contributed by atoms with Gasteiger partial charge in [-0.3, -0.25) is 0 Å². The fraction of sp³-hybridized carbons (Fsp3) is 1.00. The third-order valence-electron chi connectivity index (χ3n) is 1.30. The van der Waals surface area contributed by atoms with E-state index in [2.05, 4.69) is 0 Å². The van der Waals surface area contributed by atoms with Crippen molar-refractivity contribution in [3.8, 4) is 0 Å². The van der Waals surface area contributed by atoms with E-state index in [0.717, 1.165) is 0 Å². The van der Waals surface area contributed by atoms with Crippen LogP contribution in [0.25, 0.3) is 0 Å². The maximum Gasteiger partial charge on any atom is 0.302 e. The molecule has 0 aliphatic heterocycles. The summed E-state index contributed by atoms with van der Waals surface area (Å²) in [5, 5.41) is 0. The van der Waals surface area contributed by atoms with Gasteiger partial charge in [-0.1, -0.05) is 0 Å². The van der Waals surface area contributed by atoms with Gasteiger partial charge in [-0.25, -0.2) is 0 Å². The van der Waals surface area contributed by atoms with Crippen molar-refractivity contribution in [1.82, 2.24) is 0 Å². The van der Waals surface area contributed by atoms with Gasteiger partial charge in [-0.15, -0.1) is 3.89 Å². The zero-order chi connectivity index (χ0) is 10.3. The van der Waals surface area contributed by atoms with E-state index in [1.807, 2.05) is 0 Å². The lowest BCUT2D eigenvalue weighted by Gasteiger charge is -2.15. The Bertz CT molecular complexity index is 209. The van der Waals surface area contributed by atoms with E-state index in [4.69, 9.17) is 9.47 Å². The summed E-state index contributed by atoms with van der Waals surface area (Å²) in [6.07, 6.45) is -0.596. The van der Waals surface area contributed by atoms with Crippen molar-refractivity contribution in [2.75, 3.05) is 19.0 Å². The number of halogens is 1. The van der Waals surface area contributed by atoms with Crippen LogP contribution in [-0.2, 0) is 19.7 Å². The molecule has 13 heavy (non-hydrogen) atoms. The van der Waals surface area contributed by atoms with Crippen LogP contribution < -0.4 is 0 Å². The number of hydrogen-bond acceptors (Lipinski definition) is 4. The molecular formula is C7H15FO4S. The first-order chi connectivity index (χ1) is 5.99. The van der Waals surface area contributed by atoms with Crippen LogP contribution in [0.1, 0.15) is 20.3 Å². The van der Waals surface area contributed by atoms with Gasteiger partial charge in [0, 0.05) is 19.6 Å². The third-order valence-corrected chi connectivity index (χ3v) is 2.03. The SMILES string of the molecule is CCOC(CCS(=O)(=O)F)OCC. The lowest BCUT2D eigenvalue weighted by molar-refractivity contribution is -0.136. The van der Waals surface area contributed by atoms with Crippen LogP contribution in [0.15, 0.2) is 0 Å². The Morgan fingerprint density at radius 1 is 1.23 bits per heavy atom. The molecule has 0 unspecified atom stereocenters. The molecule has 0 saturated carbocycles. The summed E-state index contributed by atoms with van der Waals surface area (Å²) >= 11 is 0. The first kappa shape index (κ1) is 12.8. The third kappa shape index (κ3) is 8.14. The smallest absolute Gasteiger partial charge is 0.302 e. The summed E-state index contributed by atoms with van der Waals surface area (Å²) in [4.78, 5) is 0. The van der Waals surface area contributed by atoms with Gasteiger partial charge in [0.15, 0.2) is 6.29 Å². The monoisotopic (exact) mass is 214 g/mol. The molecule has 0 N–H and O–H groups in total. The van der Waals surface area contributed by atoms with Crippen molar-refractivity contribution in [2.24, 2.45) is 0 Å². The second kappa shape index (κ2) is 6.28. The molecule has 0 aliphatic rings. The molecular weight excluding hydrogens is 199 g/mol. The Morgan fingerprint density at radius 2 is 1.69 bits per heavy atom. The normalized spacial score (nSPS) is 12.3. The fourth-order valence-corrected chi connectivity index (χ4v) is 1.30. The van der Waals surface area contributed by atoms with Gasteiger partial charge in [-0.2, -0.15) is 8.42 Å². The predicted octanol–water partition coefficient (Wildman–Crippen LogP) is 1.07. The molecule has 0 saturated heterocycles. The summed E-state index contributed by atoms with van der Waals surface area (Å²) in [5.74, 6) is -0.558. The maximum atomic E-state index is 12.1. The van der Waals surface area contributed by atoms with Gasteiger partial charge >= 0.3 is 10.2 Å². The van der Waals surface area contributed by atoms with Gasteiger partial charge in [0.2, 0.25) is 0 Å². The predicted molar refractivity (Wildman–Crippen MR) is 46.6 cm³/mol. The maximum absolute atomic E-state index is 12.1. The highest BCUT2D eigenvalue weighted by atomic mass is 32.3. The summed E-state index contributed by atoms with van der Waals surface area (Å²) in [6.45, 7) is 4.35. The zero-order valence-electron chi connectivity index (χ0n) is 7.82. The molecule has 0 amide bonds. The van der Waals surface area contributed by atoms with E-state index in [9.17, 15) is 12.3 Å². The molecule has 0 aliphatic carbocycles. The second-order valence-corrected chi connectivity index (χ2v) is 3.86. The molecule has 0 radical (unpaired) electrons. The van der Waals surface area contributed by atoms with Gasteiger partial charge in [0.05, 0.1) is 5.75 Å². The van der Waals surface area contributed by atoms with Crippen LogP contribution in [0.3, 0.4) is 0 Å². The van der Waals surface area contributed by atoms with Crippen LogP contribution in [-0.4, -0.2) is 33.7 Å². The first-order valence-corrected chi connectivity index (χ1v) is 5.70. The molecule has 0 aromatic rings. The summed E-state index contributed by atoms with van der Waals surface area (Å²) in [6, 6.07) is 0. The highest BCUT2D eigenvalue weighted by molar-refractivity contribution is 7.86. The van der Waals surface area contributed by atoms with E-state index >= 15 is 0 Å². The molecule has 0 rings (SSSR count). The van der Waals surface area contributed by atoms with Crippen molar-refractivity contribution < 1.29 is 21.8 Å². The Labute approximate surface area is 78.2 Å². The van der Waals surface area contributed by atoms with Crippen molar-refractivity contribution in [3.63, 3.8) is 0 Å². The molecule has 0 spiro atoms.